The molecule has 24 heavy (non-hydrogen) atoms. The lowest BCUT2D eigenvalue weighted by molar-refractivity contribution is 0.0937. The van der Waals surface area contributed by atoms with Gasteiger partial charge >= 0.3 is 0 Å². The summed E-state index contributed by atoms with van der Waals surface area (Å²) < 4.78 is 0. The van der Waals surface area contributed by atoms with Gasteiger partial charge in [0.2, 0.25) is 0 Å². The van der Waals surface area contributed by atoms with Gasteiger partial charge in [-0.3, -0.25) is 4.79 Å². The van der Waals surface area contributed by atoms with E-state index in [-0.39, 0.29) is 5.91 Å². The third-order valence-corrected chi connectivity index (χ3v) is 5.09. The van der Waals surface area contributed by atoms with E-state index in [9.17, 15) is 4.79 Å². The van der Waals surface area contributed by atoms with Crippen LogP contribution in [0.4, 0.5) is 11.5 Å². The van der Waals surface area contributed by atoms with Crippen molar-refractivity contribution in [3.8, 4) is 0 Å². The predicted molar refractivity (Wildman–Crippen MR) is 95.7 cm³/mol. The number of anilines is 2. The van der Waals surface area contributed by atoms with Crippen molar-refractivity contribution in [2.75, 3.05) is 5.32 Å². The molecule has 1 saturated carbocycles. The van der Waals surface area contributed by atoms with Crippen molar-refractivity contribution in [2.24, 2.45) is 0 Å². The number of hydrogen-bond acceptors (Lipinski definition) is 3. The minimum Gasteiger partial charge on any atom is -0.349 e. The number of carbonyl (C=O) groups excluding carboxylic acids is 1. The normalized spacial score (nSPS) is 16.8. The summed E-state index contributed by atoms with van der Waals surface area (Å²) in [6.07, 6.45) is 9.88. The zero-order valence-corrected chi connectivity index (χ0v) is 13.8. The van der Waals surface area contributed by atoms with Gasteiger partial charge in [-0.05, 0) is 67.5 Å². The molecular formula is C20H23N3O. The van der Waals surface area contributed by atoms with E-state index in [4.69, 9.17) is 0 Å². The van der Waals surface area contributed by atoms with E-state index in [2.05, 4.69) is 33.8 Å². The van der Waals surface area contributed by atoms with Crippen LogP contribution in [0.3, 0.4) is 0 Å². The molecule has 0 atom stereocenters. The highest BCUT2D eigenvalue weighted by Gasteiger charge is 2.18. The van der Waals surface area contributed by atoms with Gasteiger partial charge in [-0.2, -0.15) is 0 Å². The van der Waals surface area contributed by atoms with Gasteiger partial charge in [-0.1, -0.05) is 18.9 Å². The minimum absolute atomic E-state index is 0.0153. The third kappa shape index (κ3) is 3.28. The Morgan fingerprint density at radius 2 is 1.83 bits per heavy atom. The second kappa shape index (κ2) is 6.63. The van der Waals surface area contributed by atoms with E-state index < -0.39 is 0 Å². The summed E-state index contributed by atoms with van der Waals surface area (Å²) in [5.41, 5.74) is 4.59. The average molecular weight is 321 g/mol. The smallest absolute Gasteiger partial charge is 0.253 e. The molecule has 2 N–H and O–H groups in total. The summed E-state index contributed by atoms with van der Waals surface area (Å²) in [6, 6.07) is 10.6. The van der Waals surface area contributed by atoms with Crippen molar-refractivity contribution in [3.63, 3.8) is 0 Å². The summed E-state index contributed by atoms with van der Waals surface area (Å²) in [6.45, 7) is 0. The highest BCUT2D eigenvalue weighted by molar-refractivity contribution is 5.94. The van der Waals surface area contributed by atoms with E-state index >= 15 is 0 Å². The Bertz CT molecular complexity index is 733. The van der Waals surface area contributed by atoms with E-state index in [0.717, 1.165) is 24.3 Å². The summed E-state index contributed by atoms with van der Waals surface area (Å²) in [5.74, 6) is 0.754. The third-order valence-electron chi connectivity index (χ3n) is 5.09. The van der Waals surface area contributed by atoms with Crippen molar-refractivity contribution in [1.29, 1.82) is 0 Å². The Hall–Kier alpha value is -2.36. The average Bonchev–Trinajstić information content (AvgIpc) is 3.26. The van der Waals surface area contributed by atoms with Crippen LogP contribution >= 0.6 is 0 Å². The summed E-state index contributed by atoms with van der Waals surface area (Å²) in [7, 11) is 0. The first-order valence-electron chi connectivity index (χ1n) is 8.94. The second-order valence-corrected chi connectivity index (χ2v) is 6.85. The monoisotopic (exact) mass is 321 g/mol. The first-order valence-corrected chi connectivity index (χ1v) is 8.94. The van der Waals surface area contributed by atoms with Crippen LogP contribution in [-0.2, 0) is 12.8 Å². The maximum atomic E-state index is 12.2. The van der Waals surface area contributed by atoms with Gasteiger partial charge in [-0.25, -0.2) is 4.98 Å². The summed E-state index contributed by atoms with van der Waals surface area (Å²) in [5, 5.41) is 6.42. The van der Waals surface area contributed by atoms with Gasteiger partial charge in [0.25, 0.3) is 5.91 Å². The Morgan fingerprint density at radius 1 is 1.00 bits per heavy atom. The lowest BCUT2D eigenvalue weighted by Crippen LogP contribution is -2.32. The number of aromatic nitrogens is 1. The van der Waals surface area contributed by atoms with E-state index in [0.29, 0.717) is 11.6 Å². The Kier molecular flexibility index (Phi) is 4.20. The number of amides is 1. The lowest BCUT2D eigenvalue weighted by atomic mass is 10.1. The molecule has 4 nitrogen and oxygen atoms in total. The maximum Gasteiger partial charge on any atom is 0.253 e. The fourth-order valence-corrected chi connectivity index (χ4v) is 3.74. The molecule has 4 heteroatoms. The van der Waals surface area contributed by atoms with Crippen LogP contribution in [0.1, 0.15) is 53.6 Å². The van der Waals surface area contributed by atoms with Gasteiger partial charge < -0.3 is 10.6 Å². The highest BCUT2D eigenvalue weighted by atomic mass is 16.1. The van der Waals surface area contributed by atoms with Gasteiger partial charge in [0.05, 0.1) is 5.56 Å². The van der Waals surface area contributed by atoms with Gasteiger partial charge in [0, 0.05) is 17.9 Å². The highest BCUT2D eigenvalue weighted by Crippen LogP contribution is 2.26. The van der Waals surface area contributed by atoms with E-state index in [1.807, 2.05) is 12.1 Å². The molecule has 1 aromatic carbocycles. The number of rotatable bonds is 4. The molecule has 2 aliphatic carbocycles. The quantitative estimate of drug-likeness (QED) is 0.895. The molecule has 2 aromatic rings. The molecule has 0 spiro atoms. The summed E-state index contributed by atoms with van der Waals surface area (Å²) in [4.78, 5) is 16.6. The summed E-state index contributed by atoms with van der Waals surface area (Å²) >= 11 is 0. The van der Waals surface area contributed by atoms with Gasteiger partial charge in [-0.15, -0.1) is 0 Å². The van der Waals surface area contributed by atoms with Crippen LogP contribution in [-0.4, -0.2) is 16.9 Å². The SMILES string of the molecule is O=C(NC1CCCC1)c1ccc(Nc2ccc3c(c2)CCC3)nc1. The van der Waals surface area contributed by atoms with Crippen LogP contribution in [0, 0.1) is 0 Å². The first kappa shape index (κ1) is 15.2. The first-order chi connectivity index (χ1) is 11.8. The van der Waals surface area contributed by atoms with Crippen molar-refractivity contribution in [3.05, 3.63) is 53.2 Å². The number of benzene rings is 1. The molecule has 0 saturated heterocycles. The number of nitrogens with zero attached hydrogens (tertiary/aromatic N) is 1. The standard InChI is InChI=1S/C20H23N3O/c24-20(23-17-6-1-2-7-17)16-9-11-19(21-13-16)22-18-10-8-14-4-3-5-15(14)12-18/h8-13,17H,1-7H2,(H,21,22)(H,23,24). The minimum atomic E-state index is -0.0153. The molecule has 4 rings (SSSR count). The Balaban J connectivity index is 1.41. The van der Waals surface area contributed by atoms with Gasteiger partial charge in [0.15, 0.2) is 0 Å². The fraction of sp³-hybridized carbons (Fsp3) is 0.400. The molecule has 1 aromatic heterocycles. The molecule has 1 fully saturated rings. The Morgan fingerprint density at radius 3 is 2.62 bits per heavy atom. The number of nitrogens with one attached hydrogen (secondary N) is 2. The van der Waals surface area contributed by atoms with Crippen molar-refractivity contribution < 1.29 is 4.79 Å². The second-order valence-electron chi connectivity index (χ2n) is 6.85. The molecule has 1 amide bonds. The zero-order valence-electron chi connectivity index (χ0n) is 13.8. The van der Waals surface area contributed by atoms with Crippen LogP contribution in [0.15, 0.2) is 36.5 Å². The van der Waals surface area contributed by atoms with Crippen LogP contribution < -0.4 is 10.6 Å². The van der Waals surface area contributed by atoms with E-state index in [1.54, 1.807) is 6.20 Å². The van der Waals surface area contributed by atoms with Crippen molar-refractivity contribution >= 4 is 17.4 Å². The topological polar surface area (TPSA) is 54.0 Å². The number of hydrogen-bond donors (Lipinski definition) is 2. The molecule has 2 aliphatic rings. The Labute approximate surface area is 142 Å². The van der Waals surface area contributed by atoms with Crippen molar-refractivity contribution in [2.45, 2.75) is 51.0 Å². The van der Waals surface area contributed by atoms with E-state index in [1.165, 1.54) is 43.2 Å². The number of carbonyl (C=O) groups is 1. The number of fused-ring (bicyclic) bond motifs is 1. The van der Waals surface area contributed by atoms with Crippen molar-refractivity contribution in [1.82, 2.24) is 10.3 Å². The molecular weight excluding hydrogens is 298 g/mol. The number of pyridine rings is 1. The van der Waals surface area contributed by atoms with Crippen LogP contribution in [0.2, 0.25) is 0 Å². The molecule has 124 valence electrons. The molecule has 0 bridgehead atoms. The van der Waals surface area contributed by atoms with Crippen LogP contribution in [0.25, 0.3) is 0 Å². The molecule has 1 heterocycles. The maximum absolute atomic E-state index is 12.2. The molecule has 0 unspecified atom stereocenters. The van der Waals surface area contributed by atoms with Gasteiger partial charge in [0.1, 0.15) is 5.82 Å². The lowest BCUT2D eigenvalue weighted by Gasteiger charge is -2.12. The molecule has 0 radical (unpaired) electrons. The zero-order chi connectivity index (χ0) is 16.4. The predicted octanol–water partition coefficient (Wildman–Crippen LogP) is 3.99. The number of aryl methyl sites for hydroxylation is 2. The largest absolute Gasteiger partial charge is 0.349 e. The molecule has 0 aliphatic heterocycles. The fourth-order valence-electron chi connectivity index (χ4n) is 3.74. The van der Waals surface area contributed by atoms with Crippen LogP contribution in [0.5, 0.6) is 0 Å².